The lowest BCUT2D eigenvalue weighted by Crippen LogP contribution is -2.10. The summed E-state index contributed by atoms with van der Waals surface area (Å²) in [5.74, 6) is 1.95. The Morgan fingerprint density at radius 2 is 1.70 bits per heavy atom. The number of nitrogens with zero attached hydrogens (tertiary/aromatic N) is 2. The zero-order chi connectivity index (χ0) is 23.2. The molecule has 0 aliphatic carbocycles. The zero-order valence-corrected chi connectivity index (χ0v) is 18.3. The molecule has 1 amide bonds. The molecule has 0 saturated carbocycles. The second kappa shape index (κ2) is 9.73. The monoisotopic (exact) mass is 446 g/mol. The van der Waals surface area contributed by atoms with Gasteiger partial charge in [-0.05, 0) is 24.3 Å². The minimum atomic E-state index is -0.332. The minimum Gasteiger partial charge on any atom is -0.493 e. The van der Waals surface area contributed by atoms with Crippen LogP contribution in [-0.2, 0) is 0 Å². The summed E-state index contributed by atoms with van der Waals surface area (Å²) in [5, 5.41) is 6.02. The van der Waals surface area contributed by atoms with Crippen molar-refractivity contribution in [3.63, 3.8) is 0 Å². The number of carbonyl (C=O) groups excluding carboxylic acids is 1. The summed E-state index contributed by atoms with van der Waals surface area (Å²) in [6, 6.07) is 14.1. The van der Waals surface area contributed by atoms with Crippen LogP contribution in [0.2, 0.25) is 0 Å². The maximum absolute atomic E-state index is 12.3. The fourth-order valence-electron chi connectivity index (χ4n) is 3.22. The van der Waals surface area contributed by atoms with Gasteiger partial charge >= 0.3 is 0 Å². The molecule has 0 atom stereocenters. The van der Waals surface area contributed by atoms with Crippen LogP contribution in [0.25, 0.3) is 11.3 Å². The minimum absolute atomic E-state index is 0.233. The van der Waals surface area contributed by atoms with Gasteiger partial charge in [-0.25, -0.2) is 4.98 Å². The third-order valence-electron chi connectivity index (χ3n) is 4.73. The standard InChI is InChI=1S/C24H22N4O5/c1-30-20-11-17(12-21(31-2)23(20)32-3)26-22-14-25-13-18(28-22)15-6-4-7-16(10-15)27-24(29)19-8-5-9-33-19/h4-14H,1-3H3,(H,26,28)(H,27,29). The van der Waals surface area contributed by atoms with Crippen molar-refractivity contribution in [2.45, 2.75) is 0 Å². The third-order valence-corrected chi connectivity index (χ3v) is 4.73. The lowest BCUT2D eigenvalue weighted by molar-refractivity contribution is 0.0996. The van der Waals surface area contributed by atoms with Crippen LogP contribution in [0.3, 0.4) is 0 Å². The lowest BCUT2D eigenvalue weighted by atomic mass is 10.1. The first kappa shape index (κ1) is 21.7. The molecule has 0 spiro atoms. The Morgan fingerprint density at radius 3 is 2.36 bits per heavy atom. The molecule has 9 nitrogen and oxygen atoms in total. The highest BCUT2D eigenvalue weighted by molar-refractivity contribution is 6.02. The first-order chi connectivity index (χ1) is 16.1. The van der Waals surface area contributed by atoms with Gasteiger partial charge in [-0.2, -0.15) is 0 Å². The van der Waals surface area contributed by atoms with E-state index >= 15 is 0 Å². The van der Waals surface area contributed by atoms with E-state index in [0.29, 0.717) is 40.1 Å². The molecule has 0 saturated heterocycles. The van der Waals surface area contributed by atoms with E-state index in [1.807, 2.05) is 18.2 Å². The van der Waals surface area contributed by atoms with Crippen LogP contribution in [0.5, 0.6) is 17.2 Å². The molecular weight excluding hydrogens is 424 g/mol. The fraction of sp³-hybridized carbons (Fsp3) is 0.125. The van der Waals surface area contributed by atoms with E-state index in [0.717, 1.165) is 5.56 Å². The summed E-state index contributed by atoms with van der Waals surface area (Å²) in [4.78, 5) is 21.2. The first-order valence-corrected chi connectivity index (χ1v) is 9.95. The van der Waals surface area contributed by atoms with Crippen molar-refractivity contribution in [1.82, 2.24) is 9.97 Å². The van der Waals surface area contributed by atoms with Gasteiger partial charge in [0.2, 0.25) is 5.75 Å². The van der Waals surface area contributed by atoms with Crippen molar-refractivity contribution in [1.29, 1.82) is 0 Å². The molecule has 0 radical (unpaired) electrons. The van der Waals surface area contributed by atoms with E-state index in [-0.39, 0.29) is 11.7 Å². The highest BCUT2D eigenvalue weighted by Gasteiger charge is 2.14. The van der Waals surface area contributed by atoms with Crippen molar-refractivity contribution in [3.05, 3.63) is 72.9 Å². The van der Waals surface area contributed by atoms with Gasteiger partial charge < -0.3 is 29.3 Å². The molecule has 2 N–H and O–H groups in total. The maximum Gasteiger partial charge on any atom is 0.291 e. The Balaban J connectivity index is 1.57. The van der Waals surface area contributed by atoms with Crippen LogP contribution in [0.1, 0.15) is 10.6 Å². The third kappa shape index (κ3) is 4.87. The van der Waals surface area contributed by atoms with Gasteiger partial charge in [0, 0.05) is 29.1 Å². The summed E-state index contributed by atoms with van der Waals surface area (Å²) >= 11 is 0. The molecule has 168 valence electrons. The molecule has 0 fully saturated rings. The van der Waals surface area contributed by atoms with Crippen molar-refractivity contribution in [3.8, 4) is 28.5 Å². The normalized spacial score (nSPS) is 10.4. The predicted octanol–water partition coefficient (Wildman–Crippen LogP) is 4.76. The molecule has 9 heteroatoms. The Hall–Kier alpha value is -4.53. The second-order valence-corrected chi connectivity index (χ2v) is 6.84. The summed E-state index contributed by atoms with van der Waals surface area (Å²) < 4.78 is 21.3. The van der Waals surface area contributed by atoms with Crippen molar-refractivity contribution in [2.75, 3.05) is 32.0 Å². The van der Waals surface area contributed by atoms with Gasteiger partial charge in [-0.1, -0.05) is 12.1 Å². The highest BCUT2D eigenvalue weighted by Crippen LogP contribution is 2.40. The smallest absolute Gasteiger partial charge is 0.291 e. The summed E-state index contributed by atoms with van der Waals surface area (Å²) in [7, 11) is 4.66. The Labute approximate surface area is 190 Å². The molecule has 0 unspecified atom stereocenters. The number of amides is 1. The number of nitrogens with one attached hydrogen (secondary N) is 2. The number of furan rings is 1. The van der Waals surface area contributed by atoms with E-state index in [2.05, 4.69) is 20.6 Å². The number of anilines is 3. The number of hydrogen-bond acceptors (Lipinski definition) is 8. The molecule has 0 bridgehead atoms. The van der Waals surface area contributed by atoms with Crippen LogP contribution in [-0.4, -0.2) is 37.2 Å². The van der Waals surface area contributed by atoms with E-state index in [4.69, 9.17) is 18.6 Å². The number of hydrogen-bond donors (Lipinski definition) is 2. The lowest BCUT2D eigenvalue weighted by Gasteiger charge is -2.15. The molecule has 2 aromatic heterocycles. The van der Waals surface area contributed by atoms with Crippen molar-refractivity contribution in [2.24, 2.45) is 0 Å². The topological polar surface area (TPSA) is 108 Å². The second-order valence-electron chi connectivity index (χ2n) is 6.84. The number of methoxy groups -OCH3 is 3. The molecule has 2 heterocycles. The summed E-state index contributed by atoms with van der Waals surface area (Å²) in [6.07, 6.45) is 4.70. The SMILES string of the molecule is COc1cc(Nc2cncc(-c3cccc(NC(=O)c4ccco4)c3)n2)cc(OC)c1OC. The quantitative estimate of drug-likeness (QED) is 0.399. The largest absolute Gasteiger partial charge is 0.493 e. The van der Waals surface area contributed by atoms with Gasteiger partial charge in [0.15, 0.2) is 17.3 Å². The van der Waals surface area contributed by atoms with Crippen LogP contribution in [0.15, 0.2) is 71.6 Å². The van der Waals surface area contributed by atoms with Crippen molar-refractivity contribution < 1.29 is 23.4 Å². The van der Waals surface area contributed by atoms with Gasteiger partial charge in [0.1, 0.15) is 5.82 Å². The Morgan fingerprint density at radius 1 is 0.909 bits per heavy atom. The van der Waals surface area contributed by atoms with Gasteiger partial charge in [-0.3, -0.25) is 9.78 Å². The average Bonchev–Trinajstić information content (AvgIpc) is 3.39. The predicted molar refractivity (Wildman–Crippen MR) is 124 cm³/mol. The van der Waals surface area contributed by atoms with Gasteiger partial charge in [0.05, 0.1) is 45.7 Å². The highest BCUT2D eigenvalue weighted by atomic mass is 16.5. The van der Waals surface area contributed by atoms with Gasteiger partial charge in [0.25, 0.3) is 5.91 Å². The van der Waals surface area contributed by atoms with Crippen LogP contribution in [0.4, 0.5) is 17.2 Å². The fourth-order valence-corrected chi connectivity index (χ4v) is 3.22. The number of carbonyl (C=O) groups is 1. The average molecular weight is 446 g/mol. The maximum atomic E-state index is 12.3. The molecule has 2 aromatic carbocycles. The van der Waals surface area contributed by atoms with Crippen LogP contribution >= 0.6 is 0 Å². The van der Waals surface area contributed by atoms with E-state index < -0.39 is 0 Å². The molecule has 0 aliphatic heterocycles. The van der Waals surface area contributed by atoms with Crippen LogP contribution in [0, 0.1) is 0 Å². The molecule has 4 aromatic rings. The Bertz CT molecular complexity index is 1230. The van der Waals surface area contributed by atoms with E-state index in [1.165, 1.54) is 6.26 Å². The Kier molecular flexibility index (Phi) is 6.40. The molecule has 4 rings (SSSR count). The van der Waals surface area contributed by atoms with Gasteiger partial charge in [-0.15, -0.1) is 0 Å². The number of aromatic nitrogens is 2. The first-order valence-electron chi connectivity index (χ1n) is 9.95. The number of benzene rings is 2. The molecular formula is C24H22N4O5. The number of ether oxygens (including phenoxy) is 3. The van der Waals surface area contributed by atoms with E-state index in [9.17, 15) is 4.79 Å². The number of rotatable bonds is 8. The van der Waals surface area contributed by atoms with Crippen LogP contribution < -0.4 is 24.8 Å². The summed E-state index contributed by atoms with van der Waals surface area (Å²) in [5.41, 5.74) is 2.71. The molecule has 0 aliphatic rings. The molecule has 33 heavy (non-hydrogen) atoms. The summed E-state index contributed by atoms with van der Waals surface area (Å²) in [6.45, 7) is 0. The van der Waals surface area contributed by atoms with E-state index in [1.54, 1.807) is 64.1 Å². The van der Waals surface area contributed by atoms with Crippen molar-refractivity contribution >= 4 is 23.1 Å². The zero-order valence-electron chi connectivity index (χ0n) is 18.3.